The van der Waals surface area contributed by atoms with Gasteiger partial charge in [0.05, 0.1) is 6.54 Å². The average Bonchev–Trinajstić information content (AvgIpc) is 2.64. The van der Waals surface area contributed by atoms with Gasteiger partial charge in [-0.3, -0.25) is 10.1 Å². The third kappa shape index (κ3) is 3.98. The number of rotatable bonds is 7. The van der Waals surface area contributed by atoms with Crippen molar-refractivity contribution in [3.05, 3.63) is 11.7 Å². The summed E-state index contributed by atoms with van der Waals surface area (Å²) in [6, 6.07) is -0.543. The van der Waals surface area contributed by atoms with Gasteiger partial charge in [-0.05, 0) is 6.42 Å². The molecule has 0 aliphatic heterocycles. The standard InChI is InChI=1S/C10H17N3O3/c1-3-4-5-8(10(14)15)11-6-9-12-7(2)16-13-9/h8,11H,3-6H2,1-2H3,(H,14,15). The summed E-state index contributed by atoms with van der Waals surface area (Å²) in [6.07, 6.45) is 2.48. The summed E-state index contributed by atoms with van der Waals surface area (Å²) in [4.78, 5) is 14.9. The summed E-state index contributed by atoms with van der Waals surface area (Å²) in [7, 11) is 0. The highest BCUT2D eigenvalue weighted by Crippen LogP contribution is 2.02. The van der Waals surface area contributed by atoms with E-state index in [1.165, 1.54) is 0 Å². The van der Waals surface area contributed by atoms with E-state index in [-0.39, 0.29) is 0 Å². The summed E-state index contributed by atoms with van der Waals surface area (Å²) in [5.74, 6) is 0.131. The number of carboxylic acids is 1. The Balaban J connectivity index is 2.40. The summed E-state index contributed by atoms with van der Waals surface area (Å²) in [5.41, 5.74) is 0. The molecule has 0 aliphatic carbocycles. The Labute approximate surface area is 94.0 Å². The molecule has 0 fully saturated rings. The predicted octanol–water partition coefficient (Wildman–Crippen LogP) is 1.11. The lowest BCUT2D eigenvalue weighted by Gasteiger charge is -2.11. The number of nitrogens with one attached hydrogen (secondary N) is 1. The van der Waals surface area contributed by atoms with E-state index in [2.05, 4.69) is 15.5 Å². The molecule has 1 atom stereocenters. The first-order valence-corrected chi connectivity index (χ1v) is 5.39. The molecule has 0 saturated heterocycles. The van der Waals surface area contributed by atoms with Gasteiger partial charge in [0.15, 0.2) is 5.82 Å². The number of hydrogen-bond donors (Lipinski definition) is 2. The molecule has 1 unspecified atom stereocenters. The molecular formula is C10H17N3O3. The van der Waals surface area contributed by atoms with Crippen molar-refractivity contribution >= 4 is 5.97 Å². The van der Waals surface area contributed by atoms with Crippen LogP contribution in [0, 0.1) is 6.92 Å². The molecule has 0 aromatic carbocycles. The van der Waals surface area contributed by atoms with Crippen LogP contribution in [0.1, 0.15) is 37.9 Å². The SMILES string of the molecule is CCCCC(NCc1noc(C)n1)C(=O)O. The van der Waals surface area contributed by atoms with Crippen LogP contribution in [0.5, 0.6) is 0 Å². The van der Waals surface area contributed by atoms with E-state index in [0.29, 0.717) is 24.7 Å². The first kappa shape index (κ1) is 12.6. The number of hydrogen-bond acceptors (Lipinski definition) is 5. The molecule has 1 aromatic heterocycles. The second-order valence-electron chi connectivity index (χ2n) is 3.64. The number of unbranched alkanes of at least 4 members (excludes halogenated alkanes) is 1. The highest BCUT2D eigenvalue weighted by Gasteiger charge is 2.16. The molecule has 90 valence electrons. The maximum atomic E-state index is 10.9. The smallest absolute Gasteiger partial charge is 0.320 e. The molecule has 2 N–H and O–H groups in total. The van der Waals surface area contributed by atoms with Crippen molar-refractivity contribution in [1.29, 1.82) is 0 Å². The lowest BCUT2D eigenvalue weighted by atomic mass is 10.1. The molecule has 1 heterocycles. The Morgan fingerprint density at radius 3 is 2.88 bits per heavy atom. The molecule has 0 saturated carbocycles. The second kappa shape index (κ2) is 6.22. The van der Waals surface area contributed by atoms with Crippen molar-refractivity contribution in [2.45, 2.75) is 45.7 Å². The summed E-state index contributed by atoms with van der Waals surface area (Å²) in [6.45, 7) is 4.04. The third-order valence-electron chi connectivity index (χ3n) is 2.22. The average molecular weight is 227 g/mol. The van der Waals surface area contributed by atoms with Gasteiger partial charge in [0.2, 0.25) is 5.89 Å². The molecule has 1 rings (SSSR count). The van der Waals surface area contributed by atoms with E-state index in [9.17, 15) is 4.79 Å². The highest BCUT2D eigenvalue weighted by atomic mass is 16.5. The van der Waals surface area contributed by atoms with Crippen molar-refractivity contribution in [3.8, 4) is 0 Å². The normalized spacial score (nSPS) is 12.6. The van der Waals surface area contributed by atoms with Gasteiger partial charge in [0.1, 0.15) is 6.04 Å². The van der Waals surface area contributed by atoms with Crippen molar-refractivity contribution in [1.82, 2.24) is 15.5 Å². The molecule has 16 heavy (non-hydrogen) atoms. The molecule has 6 nitrogen and oxygen atoms in total. The van der Waals surface area contributed by atoms with Crippen LogP contribution in [0.4, 0.5) is 0 Å². The van der Waals surface area contributed by atoms with Gasteiger partial charge in [-0.25, -0.2) is 0 Å². The summed E-state index contributed by atoms with van der Waals surface area (Å²) >= 11 is 0. The lowest BCUT2D eigenvalue weighted by molar-refractivity contribution is -0.139. The van der Waals surface area contributed by atoms with E-state index in [4.69, 9.17) is 9.63 Å². The molecule has 0 bridgehead atoms. The van der Waals surface area contributed by atoms with Crippen LogP contribution in [0.2, 0.25) is 0 Å². The van der Waals surface area contributed by atoms with E-state index in [0.717, 1.165) is 12.8 Å². The van der Waals surface area contributed by atoms with Crippen molar-refractivity contribution in [2.75, 3.05) is 0 Å². The Morgan fingerprint density at radius 2 is 2.38 bits per heavy atom. The predicted molar refractivity (Wildman–Crippen MR) is 56.8 cm³/mol. The molecule has 6 heteroatoms. The zero-order valence-electron chi connectivity index (χ0n) is 9.56. The first-order chi connectivity index (χ1) is 7.63. The molecule has 1 aromatic rings. The number of aryl methyl sites for hydroxylation is 1. The molecule has 0 spiro atoms. The van der Waals surface area contributed by atoms with Crippen LogP contribution in [0.15, 0.2) is 4.52 Å². The minimum Gasteiger partial charge on any atom is -0.480 e. The van der Waals surface area contributed by atoms with Gasteiger partial charge in [-0.15, -0.1) is 0 Å². The number of aliphatic carboxylic acids is 1. The number of nitrogens with zero attached hydrogens (tertiary/aromatic N) is 2. The van der Waals surface area contributed by atoms with Crippen LogP contribution < -0.4 is 5.32 Å². The van der Waals surface area contributed by atoms with E-state index < -0.39 is 12.0 Å². The molecule has 0 aliphatic rings. The van der Waals surface area contributed by atoms with Gasteiger partial charge in [0, 0.05) is 6.92 Å². The number of carbonyl (C=O) groups is 1. The van der Waals surface area contributed by atoms with Crippen LogP contribution in [0.3, 0.4) is 0 Å². The van der Waals surface area contributed by atoms with E-state index in [1.54, 1.807) is 6.92 Å². The van der Waals surface area contributed by atoms with Crippen molar-refractivity contribution in [3.63, 3.8) is 0 Å². The fourth-order valence-electron chi connectivity index (χ4n) is 1.35. The quantitative estimate of drug-likeness (QED) is 0.725. The Bertz CT molecular complexity index is 338. The third-order valence-corrected chi connectivity index (χ3v) is 2.22. The minimum absolute atomic E-state index is 0.317. The maximum Gasteiger partial charge on any atom is 0.320 e. The molecule has 0 amide bonds. The number of carboxylic acid groups (broad SMARTS) is 1. The zero-order chi connectivity index (χ0) is 12.0. The monoisotopic (exact) mass is 227 g/mol. The molecule has 0 radical (unpaired) electrons. The maximum absolute atomic E-state index is 10.9. The van der Waals surface area contributed by atoms with Gasteiger partial charge in [-0.1, -0.05) is 24.9 Å². The minimum atomic E-state index is -0.839. The van der Waals surface area contributed by atoms with E-state index >= 15 is 0 Å². The van der Waals surface area contributed by atoms with E-state index in [1.807, 2.05) is 6.92 Å². The van der Waals surface area contributed by atoms with Crippen molar-refractivity contribution < 1.29 is 14.4 Å². The van der Waals surface area contributed by atoms with Crippen molar-refractivity contribution in [2.24, 2.45) is 0 Å². The fourth-order valence-corrected chi connectivity index (χ4v) is 1.35. The summed E-state index contributed by atoms with van der Waals surface area (Å²) < 4.78 is 4.79. The molecular weight excluding hydrogens is 210 g/mol. The van der Waals surface area contributed by atoms with Gasteiger partial charge >= 0.3 is 5.97 Å². The Kier molecular flexibility index (Phi) is 4.91. The van der Waals surface area contributed by atoms with Gasteiger partial charge < -0.3 is 9.63 Å². The summed E-state index contributed by atoms with van der Waals surface area (Å²) in [5, 5.41) is 15.5. The Morgan fingerprint density at radius 1 is 1.62 bits per heavy atom. The fraction of sp³-hybridized carbons (Fsp3) is 0.700. The first-order valence-electron chi connectivity index (χ1n) is 5.39. The van der Waals surface area contributed by atoms with Crippen LogP contribution in [0.25, 0.3) is 0 Å². The van der Waals surface area contributed by atoms with Crippen LogP contribution >= 0.6 is 0 Å². The van der Waals surface area contributed by atoms with Gasteiger partial charge in [0.25, 0.3) is 0 Å². The zero-order valence-corrected chi connectivity index (χ0v) is 9.56. The lowest BCUT2D eigenvalue weighted by Crippen LogP contribution is -2.36. The van der Waals surface area contributed by atoms with Gasteiger partial charge in [-0.2, -0.15) is 4.98 Å². The number of aromatic nitrogens is 2. The van der Waals surface area contributed by atoms with Crippen LogP contribution in [-0.2, 0) is 11.3 Å². The Hall–Kier alpha value is -1.43. The van der Waals surface area contributed by atoms with Crippen LogP contribution in [-0.4, -0.2) is 27.3 Å². The topological polar surface area (TPSA) is 88.3 Å². The highest BCUT2D eigenvalue weighted by molar-refractivity contribution is 5.73. The second-order valence-corrected chi connectivity index (χ2v) is 3.64. The largest absolute Gasteiger partial charge is 0.480 e.